The first-order chi connectivity index (χ1) is 13.4. The van der Waals surface area contributed by atoms with E-state index in [9.17, 15) is 9.59 Å². The van der Waals surface area contributed by atoms with E-state index in [0.29, 0.717) is 18.7 Å². The summed E-state index contributed by atoms with van der Waals surface area (Å²) in [5.41, 5.74) is 5.35. The topological polar surface area (TPSA) is 49.9 Å². The lowest BCUT2D eigenvalue weighted by atomic mass is 9.99. The molecule has 0 aliphatic carbocycles. The number of carbonyl (C=O) groups excluding carboxylic acids is 2. The third-order valence-electron chi connectivity index (χ3n) is 5.35. The van der Waals surface area contributed by atoms with Crippen LogP contribution >= 0.6 is 0 Å². The van der Waals surface area contributed by atoms with Crippen LogP contribution in [0.3, 0.4) is 0 Å². The second kappa shape index (κ2) is 8.05. The zero-order valence-electron chi connectivity index (χ0n) is 17.3. The molecule has 1 aliphatic heterocycles. The summed E-state index contributed by atoms with van der Waals surface area (Å²) in [6.45, 7) is 10.6. The van der Waals surface area contributed by atoms with Crippen LogP contribution in [-0.2, 0) is 4.74 Å². The maximum Gasteiger partial charge on any atom is 0.414 e. The van der Waals surface area contributed by atoms with Crippen molar-refractivity contribution in [2.45, 2.75) is 47.1 Å². The second-order valence-electron chi connectivity index (χ2n) is 7.34. The van der Waals surface area contributed by atoms with Gasteiger partial charge in [0.05, 0.1) is 24.0 Å². The number of anilines is 2. The minimum atomic E-state index is -0.360. The average molecular weight is 380 g/mol. The molecule has 2 aromatic rings. The first kappa shape index (κ1) is 19.9. The largest absolute Gasteiger partial charge is 0.449 e. The number of carbonyl (C=O) groups is 2. The molecule has 0 N–H and O–H groups in total. The molecule has 2 amide bonds. The van der Waals surface area contributed by atoms with Gasteiger partial charge in [-0.1, -0.05) is 24.6 Å². The number of fused-ring (bicyclic) bond motifs is 1. The third-order valence-corrected chi connectivity index (χ3v) is 5.35. The second-order valence-corrected chi connectivity index (χ2v) is 7.34. The molecule has 0 saturated carbocycles. The van der Waals surface area contributed by atoms with Gasteiger partial charge in [0.15, 0.2) is 0 Å². The summed E-state index contributed by atoms with van der Waals surface area (Å²) in [5.74, 6) is -0.0461. The van der Waals surface area contributed by atoms with Gasteiger partial charge >= 0.3 is 6.09 Å². The zero-order valence-corrected chi connectivity index (χ0v) is 17.3. The Kier molecular flexibility index (Phi) is 5.73. The highest BCUT2D eigenvalue weighted by Crippen LogP contribution is 2.39. The number of ether oxygens (including phenoxy) is 1. The van der Waals surface area contributed by atoms with E-state index in [1.54, 1.807) is 16.7 Å². The fourth-order valence-corrected chi connectivity index (χ4v) is 3.66. The predicted molar refractivity (Wildman–Crippen MR) is 112 cm³/mol. The van der Waals surface area contributed by atoms with E-state index >= 15 is 0 Å². The monoisotopic (exact) mass is 380 g/mol. The molecule has 28 heavy (non-hydrogen) atoms. The van der Waals surface area contributed by atoms with Crippen molar-refractivity contribution in [2.75, 3.05) is 23.0 Å². The Labute approximate surface area is 166 Å². The van der Waals surface area contributed by atoms with Crippen LogP contribution in [0.1, 0.15) is 47.3 Å². The van der Waals surface area contributed by atoms with E-state index in [2.05, 4.69) is 0 Å². The smallest absolute Gasteiger partial charge is 0.414 e. The summed E-state index contributed by atoms with van der Waals surface area (Å²) < 4.78 is 5.32. The van der Waals surface area contributed by atoms with Crippen LogP contribution in [0, 0.1) is 20.8 Å². The summed E-state index contributed by atoms with van der Waals surface area (Å²) in [5, 5.41) is 0. The van der Waals surface area contributed by atoms with E-state index in [-0.39, 0.29) is 18.0 Å². The molecule has 1 aliphatic rings. The van der Waals surface area contributed by atoms with E-state index in [1.165, 1.54) is 0 Å². The van der Waals surface area contributed by atoms with Crippen LogP contribution in [0.15, 0.2) is 36.4 Å². The molecule has 3 rings (SSSR count). The van der Waals surface area contributed by atoms with Crippen molar-refractivity contribution in [1.82, 2.24) is 0 Å². The van der Waals surface area contributed by atoms with Crippen LogP contribution in [-0.4, -0.2) is 31.2 Å². The molecule has 0 radical (unpaired) electrons. The molecule has 1 heterocycles. The van der Waals surface area contributed by atoms with Gasteiger partial charge in [-0.25, -0.2) is 4.79 Å². The maximum absolute atomic E-state index is 13.4. The Hall–Kier alpha value is -2.82. The summed E-state index contributed by atoms with van der Waals surface area (Å²) in [6.07, 6.45) is 0.365. The third kappa shape index (κ3) is 3.61. The highest BCUT2D eigenvalue weighted by atomic mass is 16.6. The maximum atomic E-state index is 13.4. The van der Waals surface area contributed by atoms with Gasteiger partial charge < -0.3 is 9.64 Å². The van der Waals surface area contributed by atoms with Gasteiger partial charge in [-0.3, -0.25) is 9.69 Å². The van der Waals surface area contributed by atoms with E-state index in [4.69, 9.17) is 4.74 Å². The minimum absolute atomic E-state index is 0.0461. The molecule has 1 unspecified atom stereocenters. The van der Waals surface area contributed by atoms with Gasteiger partial charge in [-0.05, 0) is 69.5 Å². The van der Waals surface area contributed by atoms with Crippen molar-refractivity contribution < 1.29 is 14.3 Å². The van der Waals surface area contributed by atoms with Gasteiger partial charge in [-0.15, -0.1) is 0 Å². The van der Waals surface area contributed by atoms with E-state index < -0.39 is 0 Å². The molecule has 0 bridgehead atoms. The van der Waals surface area contributed by atoms with Crippen LogP contribution in [0.25, 0.3) is 0 Å². The Bertz CT molecular complexity index is 907. The van der Waals surface area contributed by atoms with Crippen LogP contribution in [0.2, 0.25) is 0 Å². The summed E-state index contributed by atoms with van der Waals surface area (Å²) >= 11 is 0. The number of hydrogen-bond donors (Lipinski definition) is 0. The molecule has 2 aromatic carbocycles. The SMILES string of the molecule is CCOC(=O)N1c2cc(C)c(C)cc2N(C(=O)c2cccc(C)c2)CC1CC. The van der Waals surface area contributed by atoms with Gasteiger partial charge in [0, 0.05) is 12.1 Å². The molecule has 148 valence electrons. The van der Waals surface area contributed by atoms with Crippen LogP contribution in [0.4, 0.5) is 16.2 Å². The predicted octanol–water partition coefficient (Wildman–Crippen LogP) is 5.01. The molecule has 5 heteroatoms. The van der Waals surface area contributed by atoms with Crippen molar-refractivity contribution in [1.29, 1.82) is 0 Å². The van der Waals surface area contributed by atoms with Crippen molar-refractivity contribution >= 4 is 23.4 Å². The quantitative estimate of drug-likeness (QED) is 0.752. The van der Waals surface area contributed by atoms with E-state index in [1.807, 2.05) is 64.1 Å². The number of amides is 2. The number of hydrogen-bond acceptors (Lipinski definition) is 3. The molecular weight excluding hydrogens is 352 g/mol. The number of benzene rings is 2. The molecule has 1 atom stereocenters. The first-order valence-electron chi connectivity index (χ1n) is 9.83. The van der Waals surface area contributed by atoms with Crippen LogP contribution < -0.4 is 9.80 Å². The average Bonchev–Trinajstić information content (AvgIpc) is 2.67. The van der Waals surface area contributed by atoms with Gasteiger partial charge in [0.25, 0.3) is 5.91 Å². The number of aryl methyl sites for hydroxylation is 3. The zero-order chi connectivity index (χ0) is 20.4. The highest BCUT2D eigenvalue weighted by Gasteiger charge is 2.37. The lowest BCUT2D eigenvalue weighted by Gasteiger charge is -2.42. The van der Waals surface area contributed by atoms with Crippen LogP contribution in [0.5, 0.6) is 0 Å². The Balaban J connectivity index is 2.13. The molecule has 5 nitrogen and oxygen atoms in total. The van der Waals surface area contributed by atoms with Crippen molar-refractivity contribution in [3.8, 4) is 0 Å². The highest BCUT2D eigenvalue weighted by molar-refractivity contribution is 6.10. The Morgan fingerprint density at radius 2 is 1.71 bits per heavy atom. The lowest BCUT2D eigenvalue weighted by molar-refractivity contribution is 0.0981. The molecule has 0 spiro atoms. The fraction of sp³-hybridized carbons (Fsp3) is 0.391. The summed E-state index contributed by atoms with van der Waals surface area (Å²) in [4.78, 5) is 29.6. The number of rotatable bonds is 3. The Morgan fingerprint density at radius 3 is 2.32 bits per heavy atom. The molecule has 0 saturated heterocycles. The summed E-state index contributed by atoms with van der Waals surface area (Å²) in [7, 11) is 0. The number of nitrogens with zero attached hydrogens (tertiary/aromatic N) is 2. The molecule has 0 fully saturated rings. The standard InChI is InChI=1S/C23H28N2O3/c1-6-19-14-24(22(26)18-10-8-9-15(3)11-18)20-12-16(4)17(5)13-21(20)25(19)23(27)28-7-2/h8-13,19H,6-7,14H2,1-5H3. The van der Waals surface area contributed by atoms with Crippen molar-refractivity contribution in [3.05, 3.63) is 58.7 Å². The van der Waals surface area contributed by atoms with Crippen molar-refractivity contribution in [2.24, 2.45) is 0 Å². The van der Waals surface area contributed by atoms with Gasteiger partial charge in [-0.2, -0.15) is 0 Å². The minimum Gasteiger partial charge on any atom is -0.449 e. The van der Waals surface area contributed by atoms with Crippen molar-refractivity contribution in [3.63, 3.8) is 0 Å². The van der Waals surface area contributed by atoms with Gasteiger partial charge in [0.1, 0.15) is 0 Å². The lowest BCUT2D eigenvalue weighted by Crippen LogP contribution is -2.53. The van der Waals surface area contributed by atoms with Gasteiger partial charge in [0.2, 0.25) is 0 Å². The normalized spacial score (nSPS) is 16.0. The first-order valence-corrected chi connectivity index (χ1v) is 9.83. The molecule has 0 aromatic heterocycles. The fourth-order valence-electron chi connectivity index (χ4n) is 3.66. The summed E-state index contributed by atoms with van der Waals surface area (Å²) in [6, 6.07) is 11.5. The van der Waals surface area contributed by atoms with E-state index in [0.717, 1.165) is 34.5 Å². The Morgan fingerprint density at radius 1 is 1.04 bits per heavy atom. The molecular formula is C23H28N2O3.